The van der Waals surface area contributed by atoms with Crippen LogP contribution in [0.1, 0.15) is 63.7 Å². The number of nitrogens with one attached hydrogen (secondary N) is 2. The molecule has 1 heterocycles. The number of ether oxygens (including phenoxy) is 1. The van der Waals surface area contributed by atoms with Gasteiger partial charge in [-0.3, -0.25) is 9.63 Å². The highest BCUT2D eigenvalue weighted by Crippen LogP contribution is 2.48. The molecule has 1 amide bonds. The van der Waals surface area contributed by atoms with E-state index in [0.29, 0.717) is 24.3 Å². The molecular formula is C28H38N2O5. The quantitative estimate of drug-likeness (QED) is 0.493. The Morgan fingerprint density at radius 3 is 2.63 bits per heavy atom. The molecule has 2 aromatic rings. The van der Waals surface area contributed by atoms with Gasteiger partial charge in [0.05, 0.1) is 5.56 Å². The molecule has 0 radical (unpaired) electrons. The number of aliphatic hydroxyl groups is 1. The first kappa shape index (κ1) is 25.6. The molecule has 2 aromatic carbocycles. The maximum absolute atomic E-state index is 13.5. The Labute approximate surface area is 207 Å². The van der Waals surface area contributed by atoms with E-state index in [4.69, 9.17) is 9.57 Å². The second-order valence-corrected chi connectivity index (χ2v) is 10.5. The lowest BCUT2D eigenvalue weighted by Gasteiger charge is -2.52. The minimum Gasteiger partial charge on any atom is -0.455 e. The van der Waals surface area contributed by atoms with Gasteiger partial charge in [-0.05, 0) is 54.0 Å². The van der Waals surface area contributed by atoms with Gasteiger partial charge in [0.1, 0.15) is 18.3 Å². The minimum atomic E-state index is -0.838. The summed E-state index contributed by atoms with van der Waals surface area (Å²) in [5.41, 5.74) is 2.97. The molecule has 1 aliphatic carbocycles. The standard InChI is InChI=1S/C28H38N2O5/c1-5-22(29-24(32)16-31)15-28(17(2)3)26(25-18(4)10-13-23(25)30-35-28)34-27(33)21-12-11-19-8-6-7-9-20(19)14-21/h6-9,11-12,14,17-18,22-23,25-26,30-31H,5,10,13,15-16H2,1-4H3,(H,29,32)/t18-,22+,23?,25-,26+,28?/m1/s1. The number of benzene rings is 2. The number of amides is 1. The fourth-order valence-electron chi connectivity index (χ4n) is 5.91. The van der Waals surface area contributed by atoms with Gasteiger partial charge < -0.3 is 15.2 Å². The van der Waals surface area contributed by atoms with Gasteiger partial charge in [0.15, 0.2) is 0 Å². The zero-order chi connectivity index (χ0) is 25.2. The SMILES string of the molecule is CC[C@@H](CC1(C(C)C)ONC2CC[C@@H](C)[C@H]2[C@@H]1OC(=O)c1ccc2ccccc2c1)NC(=O)CO. The number of carbonyl (C=O) groups is 2. The summed E-state index contributed by atoms with van der Waals surface area (Å²) in [4.78, 5) is 31.9. The maximum atomic E-state index is 13.5. The molecule has 6 atom stereocenters. The summed E-state index contributed by atoms with van der Waals surface area (Å²) in [5.74, 6) is -0.325. The van der Waals surface area contributed by atoms with Gasteiger partial charge in [-0.1, -0.05) is 58.0 Å². The van der Waals surface area contributed by atoms with Gasteiger partial charge in [0.25, 0.3) is 0 Å². The third-order valence-corrected chi connectivity index (χ3v) is 8.05. The molecule has 2 aliphatic rings. The van der Waals surface area contributed by atoms with Crippen molar-refractivity contribution >= 4 is 22.6 Å². The van der Waals surface area contributed by atoms with Crippen LogP contribution in [0.5, 0.6) is 0 Å². The molecular weight excluding hydrogens is 444 g/mol. The van der Waals surface area contributed by atoms with Gasteiger partial charge in [-0.25, -0.2) is 4.79 Å². The van der Waals surface area contributed by atoms with Gasteiger partial charge in [0, 0.05) is 24.4 Å². The smallest absolute Gasteiger partial charge is 0.338 e. The number of hydrogen-bond acceptors (Lipinski definition) is 6. The molecule has 4 rings (SSSR count). The van der Waals surface area contributed by atoms with E-state index in [-0.39, 0.29) is 29.9 Å². The predicted molar refractivity (Wildman–Crippen MR) is 135 cm³/mol. The molecule has 35 heavy (non-hydrogen) atoms. The predicted octanol–water partition coefficient (Wildman–Crippen LogP) is 3.99. The first-order valence-corrected chi connectivity index (χ1v) is 12.8. The Morgan fingerprint density at radius 1 is 1.20 bits per heavy atom. The summed E-state index contributed by atoms with van der Waals surface area (Å²) < 4.78 is 6.40. The van der Waals surface area contributed by atoms with E-state index in [1.165, 1.54) is 0 Å². The average Bonchev–Trinajstić information content (AvgIpc) is 3.24. The van der Waals surface area contributed by atoms with Crippen molar-refractivity contribution in [1.29, 1.82) is 0 Å². The minimum absolute atomic E-state index is 0.00164. The van der Waals surface area contributed by atoms with Crippen molar-refractivity contribution in [2.45, 2.75) is 77.2 Å². The summed E-state index contributed by atoms with van der Waals surface area (Å²) in [7, 11) is 0. The number of aliphatic hydroxyl groups excluding tert-OH is 1. The normalized spacial score (nSPS) is 29.1. The average molecular weight is 483 g/mol. The van der Waals surface area contributed by atoms with E-state index in [9.17, 15) is 14.7 Å². The lowest BCUT2D eigenvalue weighted by molar-refractivity contribution is -0.255. The van der Waals surface area contributed by atoms with Gasteiger partial charge in [-0.2, -0.15) is 5.48 Å². The van der Waals surface area contributed by atoms with Crippen molar-refractivity contribution in [1.82, 2.24) is 10.8 Å². The molecule has 1 aliphatic heterocycles. The highest BCUT2D eigenvalue weighted by Gasteiger charge is 2.58. The van der Waals surface area contributed by atoms with Crippen LogP contribution < -0.4 is 10.8 Å². The van der Waals surface area contributed by atoms with E-state index in [2.05, 4.69) is 31.6 Å². The fraction of sp³-hybridized carbons (Fsp3) is 0.571. The number of fused-ring (bicyclic) bond motifs is 2. The van der Waals surface area contributed by atoms with Crippen molar-refractivity contribution in [3.63, 3.8) is 0 Å². The van der Waals surface area contributed by atoms with E-state index in [0.717, 1.165) is 23.6 Å². The summed E-state index contributed by atoms with van der Waals surface area (Å²) in [6.45, 7) is 7.78. The summed E-state index contributed by atoms with van der Waals surface area (Å²) in [6, 6.07) is 13.5. The summed E-state index contributed by atoms with van der Waals surface area (Å²) >= 11 is 0. The first-order chi connectivity index (χ1) is 16.8. The Bertz CT molecular complexity index is 1060. The van der Waals surface area contributed by atoms with Crippen molar-refractivity contribution in [3.8, 4) is 0 Å². The molecule has 1 saturated carbocycles. The summed E-state index contributed by atoms with van der Waals surface area (Å²) in [6.07, 6.45) is 2.64. The zero-order valence-corrected chi connectivity index (χ0v) is 21.1. The van der Waals surface area contributed by atoms with Crippen LogP contribution in [0.2, 0.25) is 0 Å². The zero-order valence-electron chi connectivity index (χ0n) is 21.1. The molecule has 7 nitrogen and oxygen atoms in total. The largest absolute Gasteiger partial charge is 0.455 e. The van der Waals surface area contributed by atoms with Crippen LogP contribution in [0.15, 0.2) is 42.5 Å². The molecule has 190 valence electrons. The van der Waals surface area contributed by atoms with Crippen LogP contribution in [-0.4, -0.2) is 47.4 Å². The monoisotopic (exact) mass is 482 g/mol. The van der Waals surface area contributed by atoms with E-state index in [1.54, 1.807) is 0 Å². The Hall–Kier alpha value is -2.48. The number of esters is 1. The topological polar surface area (TPSA) is 96.9 Å². The molecule has 1 saturated heterocycles. The van der Waals surface area contributed by atoms with E-state index in [1.807, 2.05) is 49.4 Å². The van der Waals surface area contributed by atoms with Crippen molar-refractivity contribution in [2.24, 2.45) is 17.8 Å². The van der Waals surface area contributed by atoms with Crippen LogP contribution in [0.3, 0.4) is 0 Å². The third kappa shape index (κ3) is 5.08. The second kappa shape index (κ2) is 10.6. The lowest BCUT2D eigenvalue weighted by atomic mass is 9.70. The molecule has 3 N–H and O–H groups in total. The fourth-order valence-corrected chi connectivity index (χ4v) is 5.91. The molecule has 7 heteroatoms. The molecule has 0 bridgehead atoms. The van der Waals surface area contributed by atoms with Crippen LogP contribution in [0.25, 0.3) is 10.8 Å². The number of rotatable bonds is 8. The van der Waals surface area contributed by atoms with Crippen LogP contribution in [0, 0.1) is 17.8 Å². The van der Waals surface area contributed by atoms with Crippen LogP contribution in [0.4, 0.5) is 0 Å². The Balaban J connectivity index is 1.68. The number of hydroxylamine groups is 1. The van der Waals surface area contributed by atoms with Crippen molar-refractivity contribution in [3.05, 3.63) is 48.0 Å². The van der Waals surface area contributed by atoms with Crippen molar-refractivity contribution in [2.75, 3.05) is 6.61 Å². The van der Waals surface area contributed by atoms with Gasteiger partial charge >= 0.3 is 5.97 Å². The first-order valence-electron chi connectivity index (χ1n) is 12.8. The van der Waals surface area contributed by atoms with Gasteiger partial charge in [-0.15, -0.1) is 0 Å². The molecule has 2 fully saturated rings. The third-order valence-electron chi connectivity index (χ3n) is 8.05. The second-order valence-electron chi connectivity index (χ2n) is 10.5. The molecule has 0 aromatic heterocycles. The van der Waals surface area contributed by atoms with E-state index >= 15 is 0 Å². The molecule has 0 spiro atoms. The van der Waals surface area contributed by atoms with Crippen molar-refractivity contribution < 1.29 is 24.3 Å². The highest BCUT2D eigenvalue weighted by molar-refractivity contribution is 5.95. The summed E-state index contributed by atoms with van der Waals surface area (Å²) in [5, 5.41) is 14.2. The number of carbonyl (C=O) groups excluding carboxylic acids is 2. The van der Waals surface area contributed by atoms with Crippen LogP contribution >= 0.6 is 0 Å². The van der Waals surface area contributed by atoms with Gasteiger partial charge in [0.2, 0.25) is 5.91 Å². The molecule has 2 unspecified atom stereocenters. The Morgan fingerprint density at radius 2 is 1.94 bits per heavy atom. The lowest BCUT2D eigenvalue weighted by Crippen LogP contribution is -2.67. The number of hydrogen-bond donors (Lipinski definition) is 3. The maximum Gasteiger partial charge on any atom is 0.338 e. The highest BCUT2D eigenvalue weighted by atomic mass is 16.7. The van der Waals surface area contributed by atoms with E-state index < -0.39 is 24.2 Å². The Kier molecular flexibility index (Phi) is 7.79. The van der Waals surface area contributed by atoms with Crippen LogP contribution in [-0.2, 0) is 14.4 Å².